The van der Waals surface area contributed by atoms with Crippen molar-refractivity contribution in [3.05, 3.63) is 67.1 Å². The van der Waals surface area contributed by atoms with Crippen molar-refractivity contribution in [1.82, 2.24) is 9.66 Å². The summed E-state index contributed by atoms with van der Waals surface area (Å²) in [4.78, 5) is 29.1. The Bertz CT molecular complexity index is 1230. The molecule has 0 bridgehead atoms. The third-order valence-corrected chi connectivity index (χ3v) is 6.63. The Morgan fingerprint density at radius 2 is 1.88 bits per heavy atom. The molecular formula is C23H22Br2N4O3. The number of amides is 1. The molecule has 0 saturated heterocycles. The normalized spacial score (nSPS) is 14.8. The minimum absolute atomic E-state index is 0.174. The summed E-state index contributed by atoms with van der Waals surface area (Å²) in [7, 11) is 0. The van der Waals surface area contributed by atoms with E-state index in [9.17, 15) is 9.59 Å². The number of para-hydroxylation sites is 1. The van der Waals surface area contributed by atoms with E-state index in [2.05, 4.69) is 37.0 Å². The number of hydrogen-bond donors (Lipinski definition) is 1. The first-order valence-electron chi connectivity index (χ1n) is 10.4. The average Bonchev–Trinajstić information content (AvgIpc) is 2.78. The van der Waals surface area contributed by atoms with Gasteiger partial charge in [-0.3, -0.25) is 9.59 Å². The van der Waals surface area contributed by atoms with E-state index < -0.39 is 5.91 Å². The standard InChI is InChI=1S/C23H22Br2N4O3/c24-17-10-14(11-18(25)21(17)32-13-20(26)30)12-27-29-22(15-6-2-1-3-7-15)28-19-9-5-4-8-16(19)23(29)31/h4-5,8-12,15H,1-3,6-7,13H2,(H2,26,30). The van der Waals surface area contributed by atoms with E-state index in [0.717, 1.165) is 31.2 Å². The quantitative estimate of drug-likeness (QED) is 0.440. The van der Waals surface area contributed by atoms with Crippen molar-refractivity contribution in [3.63, 3.8) is 0 Å². The Labute approximate surface area is 201 Å². The molecule has 1 fully saturated rings. The number of rotatable bonds is 6. The van der Waals surface area contributed by atoms with Crippen molar-refractivity contribution in [2.24, 2.45) is 10.8 Å². The zero-order valence-electron chi connectivity index (χ0n) is 17.3. The number of ether oxygens (including phenoxy) is 1. The number of primary amides is 1. The van der Waals surface area contributed by atoms with Crippen LogP contribution in [0.15, 0.2) is 55.2 Å². The van der Waals surface area contributed by atoms with Crippen LogP contribution in [-0.2, 0) is 4.79 Å². The van der Waals surface area contributed by atoms with Gasteiger partial charge in [0, 0.05) is 5.92 Å². The van der Waals surface area contributed by atoms with E-state index in [-0.39, 0.29) is 18.1 Å². The number of nitrogens with two attached hydrogens (primary N) is 1. The van der Waals surface area contributed by atoms with Crippen molar-refractivity contribution >= 4 is 54.9 Å². The van der Waals surface area contributed by atoms with Crippen molar-refractivity contribution in [1.29, 1.82) is 0 Å². The van der Waals surface area contributed by atoms with Gasteiger partial charge < -0.3 is 10.5 Å². The van der Waals surface area contributed by atoms with Gasteiger partial charge in [-0.15, -0.1) is 0 Å². The van der Waals surface area contributed by atoms with Gasteiger partial charge in [0.2, 0.25) is 0 Å². The van der Waals surface area contributed by atoms with Crippen molar-refractivity contribution < 1.29 is 9.53 Å². The van der Waals surface area contributed by atoms with Crippen LogP contribution < -0.4 is 16.0 Å². The number of carbonyl (C=O) groups is 1. The second-order valence-corrected chi connectivity index (χ2v) is 9.46. The second kappa shape index (κ2) is 9.95. The topological polar surface area (TPSA) is 99.6 Å². The van der Waals surface area contributed by atoms with Crippen LogP contribution in [0.5, 0.6) is 5.75 Å². The first kappa shape index (κ1) is 22.7. The minimum Gasteiger partial charge on any atom is -0.481 e. The lowest BCUT2D eigenvalue weighted by molar-refractivity contribution is -0.119. The predicted molar refractivity (Wildman–Crippen MR) is 131 cm³/mol. The summed E-state index contributed by atoms with van der Waals surface area (Å²) in [6.07, 6.45) is 7.10. The summed E-state index contributed by atoms with van der Waals surface area (Å²) in [6, 6.07) is 11.0. The molecule has 0 atom stereocenters. The molecule has 9 heteroatoms. The summed E-state index contributed by atoms with van der Waals surface area (Å²) in [5.41, 5.74) is 6.42. The van der Waals surface area contributed by atoms with Gasteiger partial charge in [0.15, 0.2) is 6.61 Å². The van der Waals surface area contributed by atoms with E-state index in [0.29, 0.717) is 31.4 Å². The molecule has 4 rings (SSSR count). The van der Waals surface area contributed by atoms with Crippen LogP contribution in [0.1, 0.15) is 49.4 Å². The highest BCUT2D eigenvalue weighted by Gasteiger charge is 2.22. The molecule has 1 aromatic heterocycles. The first-order chi connectivity index (χ1) is 15.4. The molecule has 2 N–H and O–H groups in total. The molecule has 3 aromatic rings. The smallest absolute Gasteiger partial charge is 0.282 e. The predicted octanol–water partition coefficient (Wildman–Crippen LogP) is 4.72. The molecule has 1 aliphatic carbocycles. The van der Waals surface area contributed by atoms with Gasteiger partial charge in [0.25, 0.3) is 11.5 Å². The third-order valence-electron chi connectivity index (χ3n) is 5.45. The fourth-order valence-corrected chi connectivity index (χ4v) is 5.39. The zero-order valence-corrected chi connectivity index (χ0v) is 20.4. The molecule has 1 saturated carbocycles. The Kier molecular flexibility index (Phi) is 7.05. The number of nitrogens with zero attached hydrogens (tertiary/aromatic N) is 3. The molecule has 7 nitrogen and oxygen atoms in total. The fraction of sp³-hybridized carbons (Fsp3) is 0.304. The monoisotopic (exact) mass is 560 g/mol. The molecule has 1 amide bonds. The van der Waals surface area contributed by atoms with Crippen LogP contribution in [0, 0.1) is 0 Å². The van der Waals surface area contributed by atoms with Gasteiger partial charge in [-0.1, -0.05) is 31.4 Å². The van der Waals surface area contributed by atoms with Crippen molar-refractivity contribution in [2.75, 3.05) is 6.61 Å². The molecule has 0 spiro atoms. The van der Waals surface area contributed by atoms with E-state index >= 15 is 0 Å². The molecule has 32 heavy (non-hydrogen) atoms. The Morgan fingerprint density at radius 3 is 2.56 bits per heavy atom. The number of aromatic nitrogens is 2. The number of fused-ring (bicyclic) bond motifs is 1. The summed E-state index contributed by atoms with van der Waals surface area (Å²) in [5.74, 6) is 0.826. The molecule has 1 aliphatic rings. The van der Waals surface area contributed by atoms with Gasteiger partial charge in [0.05, 0.1) is 26.1 Å². The van der Waals surface area contributed by atoms with E-state index in [1.165, 1.54) is 11.1 Å². The summed E-state index contributed by atoms with van der Waals surface area (Å²) >= 11 is 6.90. The molecule has 166 valence electrons. The van der Waals surface area contributed by atoms with Gasteiger partial charge >= 0.3 is 0 Å². The summed E-state index contributed by atoms with van der Waals surface area (Å²) in [6.45, 7) is -0.229. The lowest BCUT2D eigenvalue weighted by Crippen LogP contribution is -2.25. The largest absolute Gasteiger partial charge is 0.481 e. The number of halogens is 2. The zero-order chi connectivity index (χ0) is 22.7. The van der Waals surface area contributed by atoms with Crippen LogP contribution in [0.25, 0.3) is 10.9 Å². The number of benzene rings is 2. The lowest BCUT2D eigenvalue weighted by Gasteiger charge is -2.22. The maximum absolute atomic E-state index is 13.3. The van der Waals surface area contributed by atoms with E-state index in [1.54, 1.807) is 24.4 Å². The SMILES string of the molecule is NC(=O)COc1c(Br)cc(C=Nn2c(C3CCCCC3)nc3ccccc3c2=O)cc1Br. The van der Waals surface area contributed by atoms with Crippen LogP contribution in [0.2, 0.25) is 0 Å². The highest BCUT2D eigenvalue weighted by molar-refractivity contribution is 9.11. The number of hydrogen-bond acceptors (Lipinski definition) is 5. The fourth-order valence-electron chi connectivity index (χ4n) is 3.94. The molecule has 0 unspecified atom stereocenters. The van der Waals surface area contributed by atoms with Gasteiger partial charge in [0.1, 0.15) is 11.6 Å². The molecule has 0 aliphatic heterocycles. The van der Waals surface area contributed by atoms with Crippen molar-refractivity contribution in [3.8, 4) is 5.75 Å². The first-order valence-corrected chi connectivity index (χ1v) is 12.0. The summed E-state index contributed by atoms with van der Waals surface area (Å²) in [5, 5.41) is 5.09. The minimum atomic E-state index is -0.562. The third kappa shape index (κ3) is 4.94. The van der Waals surface area contributed by atoms with Crippen LogP contribution >= 0.6 is 31.9 Å². The molecule has 0 radical (unpaired) electrons. The van der Waals surface area contributed by atoms with E-state index in [4.69, 9.17) is 15.5 Å². The Morgan fingerprint density at radius 1 is 1.19 bits per heavy atom. The maximum Gasteiger partial charge on any atom is 0.282 e. The highest BCUT2D eigenvalue weighted by atomic mass is 79.9. The Hall–Kier alpha value is -2.52. The van der Waals surface area contributed by atoms with Crippen LogP contribution in [-0.4, -0.2) is 28.4 Å². The average molecular weight is 562 g/mol. The van der Waals surface area contributed by atoms with Gasteiger partial charge in [-0.05, 0) is 74.5 Å². The molecule has 2 aromatic carbocycles. The van der Waals surface area contributed by atoms with Gasteiger partial charge in [-0.2, -0.15) is 9.78 Å². The van der Waals surface area contributed by atoms with E-state index in [1.807, 2.05) is 18.2 Å². The van der Waals surface area contributed by atoms with Gasteiger partial charge in [-0.25, -0.2) is 4.98 Å². The Balaban J connectivity index is 1.74. The summed E-state index contributed by atoms with van der Waals surface area (Å²) < 4.78 is 8.14. The highest BCUT2D eigenvalue weighted by Crippen LogP contribution is 2.35. The maximum atomic E-state index is 13.3. The molecular weight excluding hydrogens is 540 g/mol. The van der Waals surface area contributed by atoms with Crippen LogP contribution in [0.3, 0.4) is 0 Å². The second-order valence-electron chi connectivity index (χ2n) is 7.75. The van der Waals surface area contributed by atoms with Crippen LogP contribution in [0.4, 0.5) is 0 Å². The van der Waals surface area contributed by atoms with Crippen molar-refractivity contribution in [2.45, 2.75) is 38.0 Å². The molecule has 1 heterocycles. The lowest BCUT2D eigenvalue weighted by atomic mass is 9.88. The number of carbonyl (C=O) groups excluding carboxylic acids is 1.